The minimum absolute atomic E-state index is 0.0251. The average Bonchev–Trinajstić information content (AvgIpc) is 2.76. The first-order valence-corrected chi connectivity index (χ1v) is 7.07. The highest BCUT2D eigenvalue weighted by molar-refractivity contribution is 7.13. The number of amides is 1. The average molecular weight is 269 g/mol. The van der Waals surface area contributed by atoms with E-state index in [0.717, 1.165) is 25.7 Å². The molecule has 18 heavy (non-hydrogen) atoms. The second kappa shape index (κ2) is 5.24. The molecule has 1 aromatic heterocycles. The van der Waals surface area contributed by atoms with E-state index in [4.69, 9.17) is 5.73 Å². The molecule has 4 N–H and O–H groups in total. The van der Waals surface area contributed by atoms with Crippen LogP contribution in [0.15, 0.2) is 5.38 Å². The second-order valence-corrected chi connectivity index (χ2v) is 6.05. The van der Waals surface area contributed by atoms with Crippen LogP contribution < -0.4 is 11.1 Å². The summed E-state index contributed by atoms with van der Waals surface area (Å²) in [6.07, 6.45) is 3.82. The zero-order valence-electron chi connectivity index (χ0n) is 10.5. The van der Waals surface area contributed by atoms with Crippen LogP contribution in [0.5, 0.6) is 0 Å². The summed E-state index contributed by atoms with van der Waals surface area (Å²) in [6.45, 7) is 2.12. The molecule has 2 atom stereocenters. The van der Waals surface area contributed by atoms with Crippen LogP contribution in [0.4, 0.5) is 5.13 Å². The number of aliphatic hydroxyl groups is 1. The third-order valence-electron chi connectivity index (χ3n) is 3.53. The van der Waals surface area contributed by atoms with Crippen molar-refractivity contribution in [2.75, 3.05) is 12.3 Å². The van der Waals surface area contributed by atoms with Crippen LogP contribution in [-0.4, -0.2) is 28.1 Å². The predicted molar refractivity (Wildman–Crippen MR) is 71.4 cm³/mol. The molecule has 0 bridgehead atoms. The van der Waals surface area contributed by atoms with Crippen LogP contribution in [0.3, 0.4) is 0 Å². The second-order valence-electron chi connectivity index (χ2n) is 5.17. The third kappa shape index (κ3) is 2.81. The number of aromatic nitrogens is 1. The number of carbonyl (C=O) groups is 1. The van der Waals surface area contributed by atoms with Crippen LogP contribution in [0.1, 0.15) is 43.1 Å². The van der Waals surface area contributed by atoms with Gasteiger partial charge in [-0.25, -0.2) is 4.98 Å². The Labute approximate surface area is 110 Å². The number of aliphatic hydroxyl groups excluding tert-OH is 1. The van der Waals surface area contributed by atoms with Crippen molar-refractivity contribution in [2.24, 2.45) is 5.92 Å². The molecule has 1 saturated carbocycles. The molecule has 1 aliphatic carbocycles. The molecular weight excluding hydrogens is 250 g/mol. The number of hydrogen-bond acceptors (Lipinski definition) is 5. The summed E-state index contributed by atoms with van der Waals surface area (Å²) in [6, 6.07) is 0. The molecule has 0 aliphatic heterocycles. The lowest BCUT2D eigenvalue weighted by Gasteiger charge is -2.39. The SMILES string of the molecule is CC1CCCC(CO)(NC(=O)c2csc(N)n2)C1. The maximum Gasteiger partial charge on any atom is 0.271 e. The zero-order chi connectivity index (χ0) is 13.2. The number of nitrogen functional groups attached to an aromatic ring is 1. The molecule has 5 nitrogen and oxygen atoms in total. The largest absolute Gasteiger partial charge is 0.394 e. The summed E-state index contributed by atoms with van der Waals surface area (Å²) in [5.41, 5.74) is 5.36. The van der Waals surface area contributed by atoms with Gasteiger partial charge in [0.25, 0.3) is 5.91 Å². The lowest BCUT2D eigenvalue weighted by molar-refractivity contribution is 0.0693. The lowest BCUT2D eigenvalue weighted by Crippen LogP contribution is -2.53. The summed E-state index contributed by atoms with van der Waals surface area (Å²) >= 11 is 1.25. The molecule has 1 aromatic rings. The number of nitrogens with zero attached hydrogens (tertiary/aromatic N) is 1. The summed E-state index contributed by atoms with van der Waals surface area (Å²) in [5.74, 6) is 0.276. The molecule has 1 aliphatic rings. The smallest absolute Gasteiger partial charge is 0.271 e. The van der Waals surface area contributed by atoms with Gasteiger partial charge in [-0.2, -0.15) is 0 Å². The lowest BCUT2D eigenvalue weighted by atomic mass is 9.77. The van der Waals surface area contributed by atoms with Crippen LogP contribution in [0.25, 0.3) is 0 Å². The molecule has 0 saturated heterocycles. The summed E-state index contributed by atoms with van der Waals surface area (Å²) in [4.78, 5) is 16.0. The molecule has 0 aromatic carbocycles. The monoisotopic (exact) mass is 269 g/mol. The van der Waals surface area contributed by atoms with Crippen molar-refractivity contribution < 1.29 is 9.90 Å². The van der Waals surface area contributed by atoms with Gasteiger partial charge in [-0.05, 0) is 18.8 Å². The number of nitrogens with two attached hydrogens (primary N) is 1. The minimum Gasteiger partial charge on any atom is -0.394 e. The van der Waals surface area contributed by atoms with E-state index in [1.54, 1.807) is 5.38 Å². The van der Waals surface area contributed by atoms with E-state index in [1.807, 2.05) is 0 Å². The predicted octanol–water partition coefficient (Wildman–Crippen LogP) is 1.40. The van der Waals surface area contributed by atoms with Gasteiger partial charge in [0.2, 0.25) is 0 Å². The van der Waals surface area contributed by atoms with E-state index in [9.17, 15) is 9.90 Å². The van der Waals surface area contributed by atoms with Crippen LogP contribution in [0, 0.1) is 5.92 Å². The molecule has 1 amide bonds. The standard InChI is InChI=1S/C12H19N3O2S/c1-8-3-2-4-12(5-8,7-16)15-10(17)9-6-18-11(13)14-9/h6,8,16H,2-5,7H2,1H3,(H2,13,14)(H,15,17). The van der Waals surface area contributed by atoms with Crippen molar-refractivity contribution in [3.05, 3.63) is 11.1 Å². The van der Waals surface area contributed by atoms with Gasteiger partial charge >= 0.3 is 0 Å². The highest BCUT2D eigenvalue weighted by atomic mass is 32.1. The summed E-state index contributed by atoms with van der Waals surface area (Å²) in [7, 11) is 0. The zero-order valence-corrected chi connectivity index (χ0v) is 11.3. The van der Waals surface area contributed by atoms with E-state index in [0.29, 0.717) is 16.7 Å². The van der Waals surface area contributed by atoms with Gasteiger partial charge in [0.1, 0.15) is 5.69 Å². The van der Waals surface area contributed by atoms with Gasteiger partial charge in [-0.1, -0.05) is 19.8 Å². The van der Waals surface area contributed by atoms with Crippen molar-refractivity contribution in [1.29, 1.82) is 0 Å². The van der Waals surface area contributed by atoms with Gasteiger partial charge in [0.05, 0.1) is 12.1 Å². The van der Waals surface area contributed by atoms with Crippen LogP contribution in [0.2, 0.25) is 0 Å². The molecule has 100 valence electrons. The number of hydrogen-bond donors (Lipinski definition) is 3. The van der Waals surface area contributed by atoms with Crippen LogP contribution in [-0.2, 0) is 0 Å². The normalized spacial score (nSPS) is 28.0. The number of thiazole rings is 1. The Morgan fingerprint density at radius 2 is 2.56 bits per heavy atom. The molecule has 6 heteroatoms. The number of nitrogens with one attached hydrogen (secondary N) is 1. The fourth-order valence-electron chi connectivity index (χ4n) is 2.65. The molecule has 2 unspecified atom stereocenters. The Balaban J connectivity index is 2.08. The van der Waals surface area contributed by atoms with E-state index >= 15 is 0 Å². The molecule has 1 heterocycles. The molecule has 0 spiro atoms. The highest BCUT2D eigenvalue weighted by Gasteiger charge is 2.36. The number of anilines is 1. The number of carbonyl (C=O) groups excluding carboxylic acids is 1. The Bertz CT molecular complexity index is 435. The van der Waals surface area contributed by atoms with Crippen molar-refractivity contribution in [2.45, 2.75) is 38.1 Å². The first-order chi connectivity index (χ1) is 8.54. The van der Waals surface area contributed by atoms with E-state index < -0.39 is 5.54 Å². The van der Waals surface area contributed by atoms with Crippen molar-refractivity contribution in [1.82, 2.24) is 10.3 Å². The van der Waals surface area contributed by atoms with Crippen LogP contribution >= 0.6 is 11.3 Å². The Hall–Kier alpha value is -1.14. The van der Waals surface area contributed by atoms with E-state index in [1.165, 1.54) is 11.3 Å². The van der Waals surface area contributed by atoms with Gasteiger partial charge in [0.15, 0.2) is 5.13 Å². The third-order valence-corrected chi connectivity index (χ3v) is 4.20. The molecular formula is C12H19N3O2S. The van der Waals surface area contributed by atoms with E-state index in [-0.39, 0.29) is 12.5 Å². The summed E-state index contributed by atoms with van der Waals surface area (Å²) < 4.78 is 0. The molecule has 2 rings (SSSR count). The Morgan fingerprint density at radius 3 is 3.11 bits per heavy atom. The highest BCUT2D eigenvalue weighted by Crippen LogP contribution is 2.32. The fraction of sp³-hybridized carbons (Fsp3) is 0.667. The van der Waals surface area contributed by atoms with Crippen molar-refractivity contribution in [3.63, 3.8) is 0 Å². The Morgan fingerprint density at radius 1 is 1.78 bits per heavy atom. The van der Waals surface area contributed by atoms with Crippen molar-refractivity contribution in [3.8, 4) is 0 Å². The van der Waals surface area contributed by atoms with Gasteiger partial charge < -0.3 is 16.2 Å². The maximum atomic E-state index is 12.1. The topological polar surface area (TPSA) is 88.2 Å². The molecule has 1 fully saturated rings. The minimum atomic E-state index is -0.493. The van der Waals surface area contributed by atoms with Gasteiger partial charge in [-0.15, -0.1) is 11.3 Å². The number of rotatable bonds is 3. The first kappa shape index (κ1) is 13.3. The first-order valence-electron chi connectivity index (χ1n) is 6.19. The maximum absolute atomic E-state index is 12.1. The molecule has 0 radical (unpaired) electrons. The fourth-order valence-corrected chi connectivity index (χ4v) is 3.20. The van der Waals surface area contributed by atoms with Crippen molar-refractivity contribution >= 4 is 22.4 Å². The van der Waals surface area contributed by atoms with E-state index in [2.05, 4.69) is 17.2 Å². The summed E-state index contributed by atoms with van der Waals surface area (Å²) in [5, 5.41) is 14.6. The van der Waals surface area contributed by atoms with Gasteiger partial charge in [0, 0.05) is 5.38 Å². The Kier molecular flexibility index (Phi) is 3.87. The van der Waals surface area contributed by atoms with Gasteiger partial charge in [-0.3, -0.25) is 4.79 Å². The quantitative estimate of drug-likeness (QED) is 0.774.